The van der Waals surface area contributed by atoms with Crippen LogP contribution < -0.4 is 0 Å². The topological polar surface area (TPSA) is 40.6 Å². The number of imide groups is 1. The third-order valence-corrected chi connectivity index (χ3v) is 4.59. The zero-order valence-electron chi connectivity index (χ0n) is 10.9. The molecule has 3 heterocycles. The number of carbonyl (C=O) groups excluding carboxylic acids is 2. The van der Waals surface area contributed by atoms with E-state index < -0.39 is 0 Å². The van der Waals surface area contributed by atoms with Gasteiger partial charge in [-0.15, -0.1) is 11.3 Å². The third-order valence-electron chi connectivity index (χ3n) is 3.70. The number of hydrogen-bond donors (Lipinski definition) is 0. The van der Waals surface area contributed by atoms with E-state index in [-0.39, 0.29) is 11.8 Å². The third kappa shape index (κ3) is 1.98. The molecule has 0 atom stereocenters. The molecule has 100 valence electrons. The summed E-state index contributed by atoms with van der Waals surface area (Å²) in [4.78, 5) is 28.8. The second-order valence-electron chi connectivity index (χ2n) is 4.92. The summed E-state index contributed by atoms with van der Waals surface area (Å²) in [6, 6.07) is 3.82. The lowest BCUT2D eigenvalue weighted by molar-refractivity contribution is -0.136. The van der Waals surface area contributed by atoms with Crippen molar-refractivity contribution in [3.05, 3.63) is 28.1 Å². The van der Waals surface area contributed by atoms with Gasteiger partial charge in [-0.1, -0.05) is 6.07 Å². The number of carbonyl (C=O) groups is 2. The van der Waals surface area contributed by atoms with Gasteiger partial charge in [-0.25, -0.2) is 0 Å². The highest BCUT2D eigenvalue weighted by molar-refractivity contribution is 7.11. The standard InChI is InChI=1S/C14H16N2O2S/c1-15-13(17)11(10-6-5-9-19-10)12(14(15)18)16-7-3-2-4-8-16/h5-6,9H,2-4,7-8H2,1H3. The molecule has 1 aromatic heterocycles. The van der Waals surface area contributed by atoms with E-state index in [0.717, 1.165) is 30.8 Å². The van der Waals surface area contributed by atoms with Gasteiger partial charge < -0.3 is 4.90 Å². The van der Waals surface area contributed by atoms with E-state index >= 15 is 0 Å². The minimum Gasteiger partial charge on any atom is -0.366 e. The van der Waals surface area contributed by atoms with Gasteiger partial charge in [0.05, 0.1) is 5.57 Å². The smallest absolute Gasteiger partial charge is 0.277 e. The van der Waals surface area contributed by atoms with Crippen LogP contribution in [0.2, 0.25) is 0 Å². The van der Waals surface area contributed by atoms with Crippen molar-refractivity contribution in [1.29, 1.82) is 0 Å². The predicted octanol–water partition coefficient (Wildman–Crippen LogP) is 1.94. The Morgan fingerprint density at radius 1 is 1.11 bits per heavy atom. The first-order chi connectivity index (χ1) is 9.20. The van der Waals surface area contributed by atoms with Gasteiger partial charge in [-0.3, -0.25) is 14.5 Å². The highest BCUT2D eigenvalue weighted by Crippen LogP contribution is 2.34. The lowest BCUT2D eigenvalue weighted by Crippen LogP contribution is -2.35. The molecule has 3 rings (SSSR count). The molecule has 1 aromatic rings. The van der Waals surface area contributed by atoms with Gasteiger partial charge in [0, 0.05) is 25.0 Å². The monoisotopic (exact) mass is 276 g/mol. The van der Waals surface area contributed by atoms with Gasteiger partial charge in [-0.2, -0.15) is 0 Å². The second-order valence-corrected chi connectivity index (χ2v) is 5.87. The minimum absolute atomic E-state index is 0.157. The second kappa shape index (κ2) is 4.81. The maximum Gasteiger partial charge on any atom is 0.277 e. The van der Waals surface area contributed by atoms with Gasteiger partial charge in [0.25, 0.3) is 11.8 Å². The Kier molecular flexibility index (Phi) is 3.14. The van der Waals surface area contributed by atoms with Gasteiger partial charge in [-0.05, 0) is 30.7 Å². The van der Waals surface area contributed by atoms with Gasteiger partial charge in [0.2, 0.25) is 0 Å². The summed E-state index contributed by atoms with van der Waals surface area (Å²) in [7, 11) is 1.56. The fraction of sp³-hybridized carbons (Fsp3) is 0.429. The fourth-order valence-corrected chi connectivity index (χ4v) is 3.44. The summed E-state index contributed by atoms with van der Waals surface area (Å²) in [6.07, 6.45) is 3.38. The molecule has 5 heteroatoms. The number of likely N-dealkylation sites (tertiary alicyclic amines) is 1. The molecule has 2 aliphatic rings. The molecule has 0 bridgehead atoms. The average Bonchev–Trinajstić information content (AvgIpc) is 3.03. The quantitative estimate of drug-likeness (QED) is 0.775. The Balaban J connectivity index is 2.07. The summed E-state index contributed by atoms with van der Waals surface area (Å²) in [6.45, 7) is 1.74. The van der Waals surface area contributed by atoms with Crippen LogP contribution in [0.25, 0.3) is 5.57 Å². The van der Waals surface area contributed by atoms with Crippen LogP contribution in [0.5, 0.6) is 0 Å². The molecular formula is C14H16N2O2S. The van der Waals surface area contributed by atoms with Gasteiger partial charge in [0.1, 0.15) is 5.70 Å². The molecule has 0 radical (unpaired) electrons. The molecule has 0 N–H and O–H groups in total. The lowest BCUT2D eigenvalue weighted by Gasteiger charge is -2.29. The molecule has 0 unspecified atom stereocenters. The Morgan fingerprint density at radius 2 is 1.84 bits per heavy atom. The van der Waals surface area contributed by atoms with Crippen LogP contribution in [0.3, 0.4) is 0 Å². The average molecular weight is 276 g/mol. The minimum atomic E-state index is -0.173. The van der Waals surface area contributed by atoms with E-state index in [0.29, 0.717) is 11.3 Å². The summed E-state index contributed by atoms with van der Waals surface area (Å²) < 4.78 is 0. The van der Waals surface area contributed by atoms with E-state index in [9.17, 15) is 9.59 Å². The van der Waals surface area contributed by atoms with Crippen molar-refractivity contribution in [2.45, 2.75) is 19.3 Å². The van der Waals surface area contributed by atoms with Crippen molar-refractivity contribution in [3.8, 4) is 0 Å². The van der Waals surface area contributed by atoms with Crippen LogP contribution in [0.15, 0.2) is 23.2 Å². The lowest BCUT2D eigenvalue weighted by atomic mass is 10.1. The van der Waals surface area contributed by atoms with E-state index in [1.165, 1.54) is 22.7 Å². The Morgan fingerprint density at radius 3 is 2.47 bits per heavy atom. The Labute approximate surface area is 116 Å². The van der Waals surface area contributed by atoms with Gasteiger partial charge >= 0.3 is 0 Å². The zero-order chi connectivity index (χ0) is 13.4. The first-order valence-electron chi connectivity index (χ1n) is 6.55. The number of amides is 2. The normalized spacial score (nSPS) is 20.7. The highest BCUT2D eigenvalue weighted by Gasteiger charge is 2.39. The van der Waals surface area contributed by atoms with Crippen molar-refractivity contribution < 1.29 is 9.59 Å². The van der Waals surface area contributed by atoms with Crippen molar-refractivity contribution >= 4 is 28.7 Å². The van der Waals surface area contributed by atoms with Crippen LogP contribution in [-0.2, 0) is 9.59 Å². The fourth-order valence-electron chi connectivity index (χ4n) is 2.68. The number of likely N-dealkylation sites (N-methyl/N-ethyl adjacent to an activating group) is 1. The van der Waals surface area contributed by atoms with Crippen LogP contribution in [0.1, 0.15) is 24.1 Å². The van der Waals surface area contributed by atoms with E-state index in [1.54, 1.807) is 7.05 Å². The molecule has 0 saturated carbocycles. The van der Waals surface area contributed by atoms with E-state index in [4.69, 9.17) is 0 Å². The molecule has 2 amide bonds. The Bertz CT molecular complexity index is 542. The van der Waals surface area contributed by atoms with Crippen LogP contribution >= 0.6 is 11.3 Å². The van der Waals surface area contributed by atoms with Crippen molar-refractivity contribution in [2.75, 3.05) is 20.1 Å². The van der Waals surface area contributed by atoms with E-state index in [1.807, 2.05) is 17.5 Å². The molecule has 1 saturated heterocycles. The number of thiophene rings is 1. The highest BCUT2D eigenvalue weighted by atomic mass is 32.1. The summed E-state index contributed by atoms with van der Waals surface area (Å²) in [5.74, 6) is -0.330. The number of rotatable bonds is 2. The van der Waals surface area contributed by atoms with Crippen molar-refractivity contribution in [1.82, 2.24) is 9.80 Å². The Hall–Kier alpha value is -1.62. The van der Waals surface area contributed by atoms with Crippen LogP contribution in [-0.4, -0.2) is 41.8 Å². The van der Waals surface area contributed by atoms with Crippen LogP contribution in [0.4, 0.5) is 0 Å². The summed E-state index contributed by atoms with van der Waals surface area (Å²) >= 11 is 1.51. The van der Waals surface area contributed by atoms with E-state index in [2.05, 4.69) is 4.90 Å². The molecule has 0 spiro atoms. The first-order valence-corrected chi connectivity index (χ1v) is 7.43. The molecule has 1 fully saturated rings. The molecule has 4 nitrogen and oxygen atoms in total. The number of hydrogen-bond acceptors (Lipinski definition) is 4. The summed E-state index contributed by atoms with van der Waals surface area (Å²) in [5, 5.41) is 1.94. The number of nitrogens with zero attached hydrogens (tertiary/aromatic N) is 2. The molecule has 19 heavy (non-hydrogen) atoms. The zero-order valence-corrected chi connectivity index (χ0v) is 11.7. The maximum absolute atomic E-state index is 12.3. The predicted molar refractivity (Wildman–Crippen MR) is 74.4 cm³/mol. The van der Waals surface area contributed by atoms with Gasteiger partial charge in [0.15, 0.2) is 0 Å². The number of piperidine rings is 1. The molecule has 2 aliphatic heterocycles. The van der Waals surface area contributed by atoms with Crippen molar-refractivity contribution in [2.24, 2.45) is 0 Å². The van der Waals surface area contributed by atoms with Crippen molar-refractivity contribution in [3.63, 3.8) is 0 Å². The summed E-state index contributed by atoms with van der Waals surface area (Å²) in [5.41, 5.74) is 1.19. The molecule has 0 aromatic carbocycles. The molecular weight excluding hydrogens is 260 g/mol. The van der Waals surface area contributed by atoms with Crippen LogP contribution in [0, 0.1) is 0 Å². The SMILES string of the molecule is CN1C(=O)C(c2cccs2)=C(N2CCCCC2)C1=O. The molecule has 0 aliphatic carbocycles. The largest absolute Gasteiger partial charge is 0.366 e. The first kappa shape index (κ1) is 12.4. The maximum atomic E-state index is 12.3.